The molecule has 29 heavy (non-hydrogen) atoms. The highest BCUT2D eigenvalue weighted by molar-refractivity contribution is 7.99. The van der Waals surface area contributed by atoms with E-state index >= 15 is 0 Å². The van der Waals surface area contributed by atoms with Gasteiger partial charge < -0.3 is 10.3 Å². The molecule has 0 saturated heterocycles. The van der Waals surface area contributed by atoms with Gasteiger partial charge in [0.05, 0.1) is 21.7 Å². The van der Waals surface area contributed by atoms with Crippen LogP contribution in [0.15, 0.2) is 65.8 Å². The molecule has 0 fully saturated rings. The van der Waals surface area contributed by atoms with Crippen molar-refractivity contribution in [1.29, 1.82) is 0 Å². The average molecular weight is 409 g/mol. The molecule has 7 nitrogen and oxygen atoms in total. The Kier molecular flexibility index (Phi) is 5.39. The number of benzene rings is 2. The number of nitro groups is 1. The molecule has 2 aromatic carbocycles. The van der Waals surface area contributed by atoms with Crippen LogP contribution in [0.25, 0.3) is 22.3 Å². The number of pyridine rings is 1. The van der Waals surface area contributed by atoms with Crippen molar-refractivity contribution in [2.45, 2.75) is 5.16 Å². The molecule has 0 aliphatic rings. The molecule has 0 aliphatic heterocycles. The van der Waals surface area contributed by atoms with Crippen LogP contribution in [0, 0.1) is 15.9 Å². The second-order valence-corrected chi connectivity index (χ2v) is 7.25. The summed E-state index contributed by atoms with van der Waals surface area (Å²) < 4.78 is 13.1. The van der Waals surface area contributed by atoms with Crippen molar-refractivity contribution >= 4 is 34.3 Å². The van der Waals surface area contributed by atoms with E-state index in [2.05, 4.69) is 20.3 Å². The molecule has 0 amide bonds. The van der Waals surface area contributed by atoms with Gasteiger partial charge in [0.15, 0.2) is 5.16 Å². The van der Waals surface area contributed by atoms with Crippen LogP contribution in [-0.4, -0.2) is 32.2 Å². The van der Waals surface area contributed by atoms with Crippen molar-refractivity contribution in [3.8, 4) is 11.3 Å². The second-order valence-electron chi connectivity index (χ2n) is 6.16. The van der Waals surface area contributed by atoms with E-state index in [1.54, 1.807) is 18.2 Å². The van der Waals surface area contributed by atoms with Crippen LogP contribution in [0.5, 0.6) is 0 Å². The lowest BCUT2D eigenvalue weighted by molar-refractivity contribution is -0.384. The van der Waals surface area contributed by atoms with Gasteiger partial charge in [-0.05, 0) is 42.5 Å². The number of halogens is 1. The van der Waals surface area contributed by atoms with Gasteiger partial charge in [-0.25, -0.2) is 14.4 Å². The molecule has 2 heterocycles. The number of nitrogens with zero attached hydrogens (tertiary/aromatic N) is 3. The van der Waals surface area contributed by atoms with Crippen LogP contribution < -0.4 is 5.32 Å². The molecule has 146 valence electrons. The second kappa shape index (κ2) is 8.27. The first-order valence-corrected chi connectivity index (χ1v) is 9.81. The Bertz CT molecular complexity index is 1130. The maximum absolute atomic E-state index is 13.1. The fraction of sp³-hybridized carbons (Fsp3) is 0.100. The van der Waals surface area contributed by atoms with E-state index in [-0.39, 0.29) is 17.3 Å². The number of aromatic amines is 1. The summed E-state index contributed by atoms with van der Waals surface area (Å²) in [7, 11) is 0. The van der Waals surface area contributed by atoms with E-state index in [1.165, 1.54) is 30.0 Å². The first-order valence-electron chi connectivity index (χ1n) is 8.83. The van der Waals surface area contributed by atoms with Crippen LogP contribution in [0.2, 0.25) is 0 Å². The molecule has 4 rings (SSSR count). The van der Waals surface area contributed by atoms with Gasteiger partial charge in [0, 0.05) is 23.9 Å². The van der Waals surface area contributed by atoms with E-state index in [4.69, 9.17) is 0 Å². The highest BCUT2D eigenvalue weighted by Crippen LogP contribution is 2.27. The highest BCUT2D eigenvalue weighted by atomic mass is 32.2. The van der Waals surface area contributed by atoms with E-state index < -0.39 is 4.92 Å². The van der Waals surface area contributed by atoms with E-state index in [0.29, 0.717) is 23.6 Å². The molecule has 2 aromatic heterocycles. The van der Waals surface area contributed by atoms with Crippen molar-refractivity contribution in [1.82, 2.24) is 15.0 Å². The minimum atomic E-state index is -0.476. The molecule has 0 bridgehead atoms. The molecular formula is C20H16FN5O2S. The predicted molar refractivity (Wildman–Crippen MR) is 112 cm³/mol. The summed E-state index contributed by atoms with van der Waals surface area (Å²) in [4.78, 5) is 22.9. The van der Waals surface area contributed by atoms with Crippen LogP contribution in [0.3, 0.4) is 0 Å². The highest BCUT2D eigenvalue weighted by Gasteiger charge is 2.16. The number of para-hydroxylation sites is 2. The Morgan fingerprint density at radius 1 is 1.07 bits per heavy atom. The van der Waals surface area contributed by atoms with Gasteiger partial charge in [-0.3, -0.25) is 10.1 Å². The van der Waals surface area contributed by atoms with Gasteiger partial charge in [-0.1, -0.05) is 23.9 Å². The molecule has 9 heteroatoms. The first-order chi connectivity index (χ1) is 14.1. The van der Waals surface area contributed by atoms with E-state index in [1.807, 2.05) is 24.3 Å². The van der Waals surface area contributed by atoms with Gasteiger partial charge in [-0.15, -0.1) is 0 Å². The van der Waals surface area contributed by atoms with Crippen LogP contribution in [-0.2, 0) is 0 Å². The summed E-state index contributed by atoms with van der Waals surface area (Å²) in [6.07, 6.45) is 0. The number of hydrogen-bond donors (Lipinski definition) is 2. The zero-order valence-corrected chi connectivity index (χ0v) is 15.9. The molecular weight excluding hydrogens is 393 g/mol. The minimum Gasteiger partial charge on any atom is -0.363 e. The predicted octanol–water partition coefficient (Wildman–Crippen LogP) is 4.88. The molecule has 0 saturated carbocycles. The number of aromatic nitrogens is 3. The first kappa shape index (κ1) is 18.9. The summed E-state index contributed by atoms with van der Waals surface area (Å²) in [5.74, 6) is 0.470. The normalized spacial score (nSPS) is 10.9. The van der Waals surface area contributed by atoms with Crippen molar-refractivity contribution in [3.63, 3.8) is 0 Å². The summed E-state index contributed by atoms with van der Waals surface area (Å²) in [5, 5.41) is 15.1. The lowest BCUT2D eigenvalue weighted by Crippen LogP contribution is -2.08. The Morgan fingerprint density at radius 3 is 2.62 bits per heavy atom. The molecule has 0 aliphatic carbocycles. The zero-order chi connectivity index (χ0) is 20.2. The van der Waals surface area contributed by atoms with Crippen LogP contribution >= 0.6 is 11.8 Å². The maximum atomic E-state index is 13.1. The number of anilines is 1. The summed E-state index contributed by atoms with van der Waals surface area (Å²) in [6.45, 7) is 0.461. The van der Waals surface area contributed by atoms with E-state index in [9.17, 15) is 14.5 Å². The van der Waals surface area contributed by atoms with Crippen molar-refractivity contribution in [2.75, 3.05) is 17.6 Å². The summed E-state index contributed by atoms with van der Waals surface area (Å²) >= 11 is 1.51. The lowest BCUT2D eigenvalue weighted by atomic mass is 10.1. The Morgan fingerprint density at radius 2 is 1.86 bits per heavy atom. The lowest BCUT2D eigenvalue weighted by Gasteiger charge is -2.08. The minimum absolute atomic E-state index is 0.107. The average Bonchev–Trinajstić information content (AvgIpc) is 3.14. The standard InChI is InChI=1S/C20H16FN5O2S/c21-14-7-5-13(6-8-14)15-9-10-18(26(27)28)19(23-15)22-11-12-29-20-24-16-3-1-2-4-17(16)25-20/h1-10H,11-12H2,(H,22,23)(H,24,25). The molecule has 0 spiro atoms. The smallest absolute Gasteiger partial charge is 0.311 e. The number of fused-ring (bicyclic) bond motifs is 1. The van der Waals surface area contributed by atoms with Crippen LogP contribution in [0.4, 0.5) is 15.9 Å². The third kappa shape index (κ3) is 4.35. The Hall–Kier alpha value is -3.46. The van der Waals surface area contributed by atoms with Crippen molar-refractivity contribution < 1.29 is 9.31 Å². The number of rotatable bonds is 7. The number of imidazole rings is 1. The fourth-order valence-corrected chi connectivity index (χ4v) is 3.57. The summed E-state index contributed by atoms with van der Waals surface area (Å²) in [6, 6.07) is 16.6. The van der Waals surface area contributed by atoms with E-state index in [0.717, 1.165) is 16.2 Å². The zero-order valence-electron chi connectivity index (χ0n) is 15.1. The largest absolute Gasteiger partial charge is 0.363 e. The monoisotopic (exact) mass is 409 g/mol. The third-order valence-corrected chi connectivity index (χ3v) is 5.09. The van der Waals surface area contributed by atoms with Gasteiger partial charge in [0.25, 0.3) is 0 Å². The van der Waals surface area contributed by atoms with Crippen molar-refractivity contribution in [3.05, 3.63) is 76.6 Å². The number of H-pyrrole nitrogens is 1. The topological polar surface area (TPSA) is 96.7 Å². The Labute approximate surface area is 169 Å². The molecule has 0 atom stereocenters. The van der Waals surface area contributed by atoms with Crippen LogP contribution in [0.1, 0.15) is 0 Å². The van der Waals surface area contributed by atoms with Crippen molar-refractivity contribution in [2.24, 2.45) is 0 Å². The molecule has 2 N–H and O–H groups in total. The Balaban J connectivity index is 1.45. The van der Waals surface area contributed by atoms with Gasteiger partial charge in [0.1, 0.15) is 5.82 Å². The number of nitrogens with one attached hydrogen (secondary N) is 2. The SMILES string of the molecule is O=[N+]([O-])c1ccc(-c2ccc(F)cc2)nc1NCCSc1nc2ccccc2[nH]1. The van der Waals surface area contributed by atoms with Gasteiger partial charge in [0.2, 0.25) is 5.82 Å². The molecule has 0 unspecified atom stereocenters. The number of hydrogen-bond acceptors (Lipinski definition) is 6. The van der Waals surface area contributed by atoms with Gasteiger partial charge >= 0.3 is 5.69 Å². The summed E-state index contributed by atoms with van der Waals surface area (Å²) in [5.41, 5.74) is 2.97. The fourth-order valence-electron chi connectivity index (χ4n) is 2.83. The maximum Gasteiger partial charge on any atom is 0.311 e. The quantitative estimate of drug-likeness (QED) is 0.195. The van der Waals surface area contributed by atoms with Gasteiger partial charge in [-0.2, -0.15) is 0 Å². The molecule has 0 radical (unpaired) electrons. The number of thioether (sulfide) groups is 1. The third-order valence-electron chi connectivity index (χ3n) is 4.21. The molecule has 4 aromatic rings.